The molecule has 1 rings (SSSR count). The lowest BCUT2D eigenvalue weighted by Gasteiger charge is -2.21. The maximum atomic E-state index is 11.7. The van der Waals surface area contributed by atoms with Crippen LogP contribution in [0.2, 0.25) is 0 Å². The lowest BCUT2D eigenvalue weighted by molar-refractivity contribution is -0.131. The van der Waals surface area contributed by atoms with Crippen LogP contribution >= 0.6 is 0 Å². The molecule has 0 atom stereocenters. The fraction of sp³-hybridized carbons (Fsp3) is 0.462. The Balaban J connectivity index is 2.70. The van der Waals surface area contributed by atoms with Gasteiger partial charge < -0.3 is 10.6 Å². The van der Waals surface area contributed by atoms with E-state index in [-0.39, 0.29) is 5.91 Å². The lowest BCUT2D eigenvalue weighted by atomic mass is 10.1. The first kappa shape index (κ1) is 12.7. The maximum absolute atomic E-state index is 11.7. The molecular weight excluding hydrogens is 200 g/mol. The van der Waals surface area contributed by atoms with Gasteiger partial charge in [0, 0.05) is 26.1 Å². The summed E-state index contributed by atoms with van der Waals surface area (Å²) in [7, 11) is 0. The molecule has 1 aromatic rings. The van der Waals surface area contributed by atoms with Crippen molar-refractivity contribution in [2.75, 3.05) is 13.1 Å². The molecule has 3 nitrogen and oxygen atoms in total. The molecule has 0 aliphatic carbocycles. The molecule has 16 heavy (non-hydrogen) atoms. The Morgan fingerprint density at radius 2 is 2.06 bits per heavy atom. The summed E-state index contributed by atoms with van der Waals surface area (Å²) in [4.78, 5) is 13.6. The first-order valence-corrected chi connectivity index (χ1v) is 5.71. The second kappa shape index (κ2) is 6.28. The number of nitrogens with two attached hydrogens (primary N) is 1. The van der Waals surface area contributed by atoms with Crippen LogP contribution in [-0.2, 0) is 11.3 Å². The van der Waals surface area contributed by atoms with Crippen molar-refractivity contribution in [3.63, 3.8) is 0 Å². The number of hydrogen-bond donors (Lipinski definition) is 1. The molecule has 0 heterocycles. The molecular formula is C13H20N2O. The fourth-order valence-electron chi connectivity index (χ4n) is 1.65. The third-order valence-electron chi connectivity index (χ3n) is 2.72. The van der Waals surface area contributed by atoms with E-state index in [1.165, 1.54) is 11.1 Å². The van der Waals surface area contributed by atoms with Crippen molar-refractivity contribution in [3.8, 4) is 0 Å². The number of amides is 1. The summed E-state index contributed by atoms with van der Waals surface area (Å²) in [6.45, 7) is 5.89. The van der Waals surface area contributed by atoms with Gasteiger partial charge in [-0.1, -0.05) is 24.3 Å². The Kier molecular flexibility index (Phi) is 4.99. The van der Waals surface area contributed by atoms with E-state index in [0.717, 1.165) is 6.54 Å². The molecule has 0 aliphatic rings. The Hall–Kier alpha value is -1.35. The summed E-state index contributed by atoms with van der Waals surface area (Å²) in [6.07, 6.45) is 0.430. The normalized spacial score (nSPS) is 10.2. The average molecular weight is 220 g/mol. The van der Waals surface area contributed by atoms with Crippen LogP contribution in [0.5, 0.6) is 0 Å². The van der Waals surface area contributed by atoms with Gasteiger partial charge in [-0.2, -0.15) is 0 Å². The van der Waals surface area contributed by atoms with Gasteiger partial charge in [0.2, 0.25) is 5.91 Å². The Bertz CT molecular complexity index is 350. The number of benzene rings is 1. The lowest BCUT2D eigenvalue weighted by Crippen LogP contribution is -2.31. The topological polar surface area (TPSA) is 46.3 Å². The zero-order valence-corrected chi connectivity index (χ0v) is 10.1. The zero-order chi connectivity index (χ0) is 12.0. The van der Waals surface area contributed by atoms with Crippen LogP contribution in [-0.4, -0.2) is 23.9 Å². The monoisotopic (exact) mass is 220 g/mol. The van der Waals surface area contributed by atoms with Crippen molar-refractivity contribution >= 4 is 5.91 Å². The van der Waals surface area contributed by atoms with Gasteiger partial charge >= 0.3 is 0 Å². The van der Waals surface area contributed by atoms with Gasteiger partial charge in [0.05, 0.1) is 0 Å². The zero-order valence-electron chi connectivity index (χ0n) is 10.1. The molecule has 0 bridgehead atoms. The molecule has 1 aromatic carbocycles. The molecule has 0 radical (unpaired) electrons. The van der Waals surface area contributed by atoms with Crippen LogP contribution in [0.25, 0.3) is 0 Å². The van der Waals surface area contributed by atoms with Gasteiger partial charge in [0.15, 0.2) is 0 Å². The SMILES string of the molecule is CCN(Cc1ccccc1C)C(=O)CCN. The average Bonchev–Trinajstić information content (AvgIpc) is 2.28. The molecule has 0 saturated carbocycles. The number of carbonyl (C=O) groups is 1. The van der Waals surface area contributed by atoms with E-state index in [1.54, 1.807) is 0 Å². The highest BCUT2D eigenvalue weighted by atomic mass is 16.2. The van der Waals surface area contributed by atoms with E-state index in [9.17, 15) is 4.79 Å². The van der Waals surface area contributed by atoms with Gasteiger partial charge in [-0.3, -0.25) is 4.79 Å². The molecule has 2 N–H and O–H groups in total. The standard InChI is InChI=1S/C13H20N2O/c1-3-15(13(16)8-9-14)10-12-7-5-4-6-11(12)2/h4-7H,3,8-10,14H2,1-2H3. The Morgan fingerprint density at radius 3 is 2.62 bits per heavy atom. The van der Waals surface area contributed by atoms with E-state index in [0.29, 0.717) is 19.5 Å². The number of rotatable bonds is 5. The van der Waals surface area contributed by atoms with E-state index in [2.05, 4.69) is 19.1 Å². The summed E-state index contributed by atoms with van der Waals surface area (Å²) in [5.74, 6) is 0.133. The summed E-state index contributed by atoms with van der Waals surface area (Å²) < 4.78 is 0. The van der Waals surface area contributed by atoms with Gasteiger partial charge in [-0.15, -0.1) is 0 Å². The van der Waals surface area contributed by atoms with Crippen LogP contribution in [0.1, 0.15) is 24.5 Å². The molecule has 0 aliphatic heterocycles. The third kappa shape index (κ3) is 3.35. The first-order chi connectivity index (χ1) is 7.69. The minimum atomic E-state index is 0.133. The number of carbonyl (C=O) groups excluding carboxylic acids is 1. The van der Waals surface area contributed by atoms with E-state index >= 15 is 0 Å². The number of hydrogen-bond acceptors (Lipinski definition) is 2. The van der Waals surface area contributed by atoms with Gasteiger partial charge in [0.25, 0.3) is 0 Å². The summed E-state index contributed by atoms with van der Waals surface area (Å²) >= 11 is 0. The van der Waals surface area contributed by atoms with Crippen molar-refractivity contribution in [1.82, 2.24) is 4.90 Å². The second-order valence-electron chi connectivity index (χ2n) is 3.87. The Labute approximate surface area is 97.2 Å². The first-order valence-electron chi connectivity index (χ1n) is 5.71. The minimum absolute atomic E-state index is 0.133. The largest absolute Gasteiger partial charge is 0.339 e. The predicted octanol–water partition coefficient (Wildman–Crippen LogP) is 1.69. The Morgan fingerprint density at radius 1 is 1.38 bits per heavy atom. The molecule has 0 saturated heterocycles. The second-order valence-corrected chi connectivity index (χ2v) is 3.87. The van der Waals surface area contributed by atoms with Crippen LogP contribution in [0, 0.1) is 6.92 Å². The van der Waals surface area contributed by atoms with E-state index in [4.69, 9.17) is 5.73 Å². The van der Waals surface area contributed by atoms with Crippen molar-refractivity contribution in [3.05, 3.63) is 35.4 Å². The van der Waals surface area contributed by atoms with Crippen molar-refractivity contribution in [2.45, 2.75) is 26.8 Å². The van der Waals surface area contributed by atoms with Gasteiger partial charge in [0.1, 0.15) is 0 Å². The summed E-state index contributed by atoms with van der Waals surface area (Å²) in [5.41, 5.74) is 7.82. The number of aryl methyl sites for hydroxylation is 1. The summed E-state index contributed by atoms with van der Waals surface area (Å²) in [6, 6.07) is 8.14. The minimum Gasteiger partial charge on any atom is -0.339 e. The molecule has 0 unspecified atom stereocenters. The predicted molar refractivity (Wildman–Crippen MR) is 65.9 cm³/mol. The molecule has 1 amide bonds. The van der Waals surface area contributed by atoms with E-state index < -0.39 is 0 Å². The molecule has 3 heteroatoms. The maximum Gasteiger partial charge on any atom is 0.224 e. The van der Waals surface area contributed by atoms with Gasteiger partial charge in [-0.25, -0.2) is 0 Å². The fourth-order valence-corrected chi connectivity index (χ4v) is 1.65. The summed E-state index contributed by atoms with van der Waals surface area (Å²) in [5, 5.41) is 0. The highest BCUT2D eigenvalue weighted by Crippen LogP contribution is 2.10. The molecule has 88 valence electrons. The molecule has 0 fully saturated rings. The molecule has 0 aromatic heterocycles. The highest BCUT2D eigenvalue weighted by molar-refractivity contribution is 5.76. The van der Waals surface area contributed by atoms with Crippen molar-refractivity contribution < 1.29 is 4.79 Å². The van der Waals surface area contributed by atoms with Crippen LogP contribution in [0.15, 0.2) is 24.3 Å². The van der Waals surface area contributed by atoms with Crippen LogP contribution in [0.3, 0.4) is 0 Å². The van der Waals surface area contributed by atoms with Crippen LogP contribution in [0.4, 0.5) is 0 Å². The number of nitrogens with zero attached hydrogens (tertiary/aromatic N) is 1. The smallest absolute Gasteiger partial charge is 0.224 e. The van der Waals surface area contributed by atoms with E-state index in [1.807, 2.05) is 24.0 Å². The van der Waals surface area contributed by atoms with Crippen LogP contribution < -0.4 is 5.73 Å². The van der Waals surface area contributed by atoms with Gasteiger partial charge in [-0.05, 0) is 25.0 Å². The van der Waals surface area contributed by atoms with Crippen molar-refractivity contribution in [2.24, 2.45) is 5.73 Å². The quantitative estimate of drug-likeness (QED) is 0.821. The molecule has 0 spiro atoms. The third-order valence-corrected chi connectivity index (χ3v) is 2.72. The highest BCUT2D eigenvalue weighted by Gasteiger charge is 2.11. The van der Waals surface area contributed by atoms with Crippen molar-refractivity contribution in [1.29, 1.82) is 0 Å².